The number of aromatic nitrogens is 2. The first-order chi connectivity index (χ1) is 11.2. The molecule has 0 unspecified atom stereocenters. The molecule has 0 bridgehead atoms. The van der Waals surface area contributed by atoms with Crippen molar-refractivity contribution in [1.82, 2.24) is 19.6 Å². The molecule has 0 saturated carbocycles. The molecule has 1 spiro atoms. The van der Waals surface area contributed by atoms with Crippen LogP contribution in [0.25, 0.3) is 0 Å². The van der Waals surface area contributed by atoms with Crippen LogP contribution in [0.4, 0.5) is 0 Å². The second-order valence-corrected chi connectivity index (χ2v) is 6.69. The van der Waals surface area contributed by atoms with Crippen molar-refractivity contribution >= 4 is 5.91 Å². The number of likely N-dealkylation sites (tertiary alicyclic amines) is 1. The van der Waals surface area contributed by atoms with Crippen LogP contribution in [0.15, 0.2) is 12.3 Å². The summed E-state index contributed by atoms with van der Waals surface area (Å²) in [5.41, 5.74) is 0.542. The molecule has 4 rings (SSSR count). The summed E-state index contributed by atoms with van der Waals surface area (Å²) in [6, 6.07) is 2.26. The summed E-state index contributed by atoms with van der Waals surface area (Å²) in [6.07, 6.45) is 2.70. The standard InChI is InChI=1S/C16H24N4O3/c1-2-20-14(3-4-17-20)15(21)19-11-16(12-19)9-13(10-23-16)18-5-7-22-8-6-18/h3-4,13H,2,5-12H2,1H3/t13-/m0/s1. The van der Waals surface area contributed by atoms with Crippen LogP contribution in [0.1, 0.15) is 23.8 Å². The Morgan fingerprint density at radius 2 is 2.17 bits per heavy atom. The fourth-order valence-corrected chi connectivity index (χ4v) is 3.94. The lowest BCUT2D eigenvalue weighted by atomic mass is 9.88. The maximum atomic E-state index is 12.6. The van der Waals surface area contributed by atoms with E-state index in [-0.39, 0.29) is 11.5 Å². The van der Waals surface area contributed by atoms with Crippen molar-refractivity contribution in [2.24, 2.45) is 0 Å². The minimum absolute atomic E-state index is 0.0633. The van der Waals surface area contributed by atoms with Gasteiger partial charge in [0.2, 0.25) is 0 Å². The second-order valence-electron chi connectivity index (χ2n) is 6.69. The van der Waals surface area contributed by atoms with Gasteiger partial charge >= 0.3 is 0 Å². The second kappa shape index (κ2) is 5.89. The maximum Gasteiger partial charge on any atom is 0.272 e. The van der Waals surface area contributed by atoms with E-state index < -0.39 is 0 Å². The molecule has 3 aliphatic heterocycles. The molecule has 126 valence electrons. The lowest BCUT2D eigenvalue weighted by Gasteiger charge is -2.47. The van der Waals surface area contributed by atoms with Crippen molar-refractivity contribution in [2.45, 2.75) is 31.5 Å². The molecular formula is C16H24N4O3. The van der Waals surface area contributed by atoms with Gasteiger partial charge in [0.15, 0.2) is 0 Å². The van der Waals surface area contributed by atoms with Gasteiger partial charge in [-0.15, -0.1) is 0 Å². The van der Waals surface area contributed by atoms with Crippen molar-refractivity contribution in [1.29, 1.82) is 0 Å². The van der Waals surface area contributed by atoms with E-state index in [4.69, 9.17) is 9.47 Å². The molecule has 7 nitrogen and oxygen atoms in total. The molecule has 1 aromatic heterocycles. The van der Waals surface area contributed by atoms with E-state index in [2.05, 4.69) is 10.00 Å². The Morgan fingerprint density at radius 3 is 2.91 bits per heavy atom. The summed E-state index contributed by atoms with van der Waals surface area (Å²) in [6.45, 7) is 8.48. The number of amides is 1. The van der Waals surface area contributed by atoms with Gasteiger partial charge in [0.1, 0.15) is 11.3 Å². The van der Waals surface area contributed by atoms with Gasteiger partial charge in [0, 0.05) is 31.9 Å². The first-order valence-electron chi connectivity index (χ1n) is 8.48. The number of nitrogens with zero attached hydrogens (tertiary/aromatic N) is 4. The van der Waals surface area contributed by atoms with Gasteiger partial charge in [-0.1, -0.05) is 0 Å². The molecular weight excluding hydrogens is 296 g/mol. The van der Waals surface area contributed by atoms with Gasteiger partial charge in [-0.25, -0.2) is 0 Å². The Bertz CT molecular complexity index is 576. The lowest BCUT2D eigenvalue weighted by Crippen LogP contribution is -2.63. The SMILES string of the molecule is CCn1nccc1C(=O)N1CC2(C[C@H](N3CCOCC3)CO2)C1. The number of ether oxygens (including phenoxy) is 2. The topological polar surface area (TPSA) is 59.8 Å². The molecule has 1 atom stereocenters. The van der Waals surface area contributed by atoms with Gasteiger partial charge in [-0.2, -0.15) is 5.10 Å². The van der Waals surface area contributed by atoms with E-state index in [1.54, 1.807) is 16.9 Å². The number of hydrogen-bond donors (Lipinski definition) is 0. The van der Waals surface area contributed by atoms with Gasteiger partial charge in [0.25, 0.3) is 5.91 Å². The van der Waals surface area contributed by atoms with Gasteiger partial charge in [-0.3, -0.25) is 14.4 Å². The molecule has 0 N–H and O–H groups in total. The first-order valence-corrected chi connectivity index (χ1v) is 8.48. The monoisotopic (exact) mass is 320 g/mol. The van der Waals surface area contributed by atoms with E-state index in [0.717, 1.165) is 39.3 Å². The Hall–Kier alpha value is -1.44. The highest BCUT2D eigenvalue weighted by molar-refractivity contribution is 5.93. The van der Waals surface area contributed by atoms with Crippen LogP contribution in [0.3, 0.4) is 0 Å². The lowest BCUT2D eigenvalue weighted by molar-refractivity contribution is -0.0954. The number of carbonyl (C=O) groups is 1. The van der Waals surface area contributed by atoms with Crippen molar-refractivity contribution < 1.29 is 14.3 Å². The van der Waals surface area contributed by atoms with E-state index in [1.165, 1.54) is 0 Å². The Labute approximate surface area is 136 Å². The van der Waals surface area contributed by atoms with Crippen molar-refractivity contribution in [3.63, 3.8) is 0 Å². The van der Waals surface area contributed by atoms with Crippen LogP contribution in [0.2, 0.25) is 0 Å². The zero-order valence-corrected chi connectivity index (χ0v) is 13.6. The highest BCUT2D eigenvalue weighted by atomic mass is 16.5. The first kappa shape index (κ1) is 15.1. The third kappa shape index (κ3) is 2.66. The van der Waals surface area contributed by atoms with Crippen molar-refractivity contribution in [3.8, 4) is 0 Å². The zero-order valence-electron chi connectivity index (χ0n) is 13.6. The van der Waals surface area contributed by atoms with E-state index >= 15 is 0 Å². The molecule has 3 aliphatic rings. The van der Waals surface area contributed by atoms with Crippen LogP contribution in [-0.4, -0.2) is 83.1 Å². The molecule has 1 amide bonds. The van der Waals surface area contributed by atoms with Gasteiger partial charge in [0.05, 0.1) is 32.9 Å². The average Bonchev–Trinajstić information content (AvgIpc) is 3.20. The van der Waals surface area contributed by atoms with Crippen LogP contribution in [0, 0.1) is 0 Å². The fourth-order valence-electron chi connectivity index (χ4n) is 3.94. The number of rotatable bonds is 3. The Morgan fingerprint density at radius 1 is 1.39 bits per heavy atom. The smallest absolute Gasteiger partial charge is 0.272 e. The molecule has 1 aromatic rings. The molecule has 4 heterocycles. The molecule has 0 radical (unpaired) electrons. The number of hydrogen-bond acceptors (Lipinski definition) is 5. The Balaban J connectivity index is 1.35. The summed E-state index contributed by atoms with van der Waals surface area (Å²) >= 11 is 0. The number of carbonyl (C=O) groups excluding carboxylic acids is 1. The molecule has 23 heavy (non-hydrogen) atoms. The summed E-state index contributed by atoms with van der Waals surface area (Å²) in [5.74, 6) is 0.0633. The predicted molar refractivity (Wildman–Crippen MR) is 83.3 cm³/mol. The largest absolute Gasteiger partial charge is 0.379 e. The third-order valence-corrected chi connectivity index (χ3v) is 5.23. The highest BCUT2D eigenvalue weighted by Crippen LogP contribution is 2.37. The normalized spacial score (nSPS) is 27.3. The minimum atomic E-state index is -0.129. The summed E-state index contributed by atoms with van der Waals surface area (Å²) in [7, 11) is 0. The van der Waals surface area contributed by atoms with Crippen LogP contribution in [0.5, 0.6) is 0 Å². The molecule has 0 aliphatic carbocycles. The summed E-state index contributed by atoms with van der Waals surface area (Å²) in [4.78, 5) is 16.9. The van der Waals surface area contributed by atoms with Gasteiger partial charge < -0.3 is 14.4 Å². The number of morpholine rings is 1. The van der Waals surface area contributed by atoms with Crippen LogP contribution >= 0.6 is 0 Å². The zero-order chi connectivity index (χ0) is 15.9. The summed E-state index contributed by atoms with van der Waals surface area (Å²) in [5, 5.41) is 4.18. The van der Waals surface area contributed by atoms with Crippen LogP contribution in [-0.2, 0) is 16.0 Å². The minimum Gasteiger partial charge on any atom is -0.379 e. The maximum absolute atomic E-state index is 12.6. The molecule has 3 saturated heterocycles. The van der Waals surface area contributed by atoms with Crippen LogP contribution < -0.4 is 0 Å². The van der Waals surface area contributed by atoms with Crippen molar-refractivity contribution in [3.05, 3.63) is 18.0 Å². The van der Waals surface area contributed by atoms with Gasteiger partial charge in [-0.05, 0) is 19.4 Å². The summed E-state index contributed by atoms with van der Waals surface area (Å²) < 4.78 is 13.3. The average molecular weight is 320 g/mol. The van der Waals surface area contributed by atoms with Crippen molar-refractivity contribution in [2.75, 3.05) is 46.0 Å². The Kier molecular flexibility index (Phi) is 3.87. The molecule has 0 aromatic carbocycles. The fraction of sp³-hybridized carbons (Fsp3) is 0.750. The highest BCUT2D eigenvalue weighted by Gasteiger charge is 2.52. The van der Waals surface area contributed by atoms with E-state index in [0.29, 0.717) is 31.4 Å². The van der Waals surface area contributed by atoms with E-state index in [9.17, 15) is 4.79 Å². The molecule has 7 heteroatoms. The van der Waals surface area contributed by atoms with E-state index in [1.807, 2.05) is 11.8 Å². The third-order valence-electron chi connectivity index (χ3n) is 5.23. The number of aryl methyl sites for hydroxylation is 1. The molecule has 3 fully saturated rings. The predicted octanol–water partition coefficient (Wildman–Crippen LogP) is 0.219. The quantitative estimate of drug-likeness (QED) is 0.797.